The summed E-state index contributed by atoms with van der Waals surface area (Å²) in [7, 11) is 0.288. The summed E-state index contributed by atoms with van der Waals surface area (Å²) in [6, 6.07) is 3.64. The van der Waals surface area contributed by atoms with Crippen molar-refractivity contribution in [3.05, 3.63) is 17.0 Å². The summed E-state index contributed by atoms with van der Waals surface area (Å²) in [5, 5.41) is 3.06. The molecule has 2 fully saturated rings. The zero-order chi connectivity index (χ0) is 15.0. The lowest BCUT2D eigenvalue weighted by molar-refractivity contribution is 0.280. The van der Waals surface area contributed by atoms with Gasteiger partial charge in [0.15, 0.2) is 0 Å². The Morgan fingerprint density at radius 1 is 1.33 bits per heavy atom. The largest absolute Gasteiger partial charge is 0.315 e. The highest BCUT2D eigenvalue weighted by Gasteiger charge is 2.41. The van der Waals surface area contributed by atoms with Crippen molar-refractivity contribution < 1.29 is 8.42 Å². The first-order valence-corrected chi connectivity index (χ1v) is 9.96. The first-order valence-electron chi connectivity index (χ1n) is 7.70. The lowest BCUT2D eigenvalue weighted by Gasteiger charge is -2.26. The number of nitrogens with one attached hydrogen (secondary N) is 1. The van der Waals surface area contributed by atoms with E-state index in [0.717, 1.165) is 23.3 Å². The maximum absolute atomic E-state index is 12.7. The molecule has 0 saturated heterocycles. The average Bonchev–Trinajstić information content (AvgIpc) is 3.14. The SMILES string of the molecule is CNCc1ccc(S(=O)(=O)N(C)CC2CC3CCC2C3)s1. The van der Waals surface area contributed by atoms with E-state index in [4.69, 9.17) is 0 Å². The quantitative estimate of drug-likeness (QED) is 0.873. The maximum atomic E-state index is 12.7. The van der Waals surface area contributed by atoms with Crippen molar-refractivity contribution >= 4 is 21.4 Å². The smallest absolute Gasteiger partial charge is 0.252 e. The van der Waals surface area contributed by atoms with Crippen LogP contribution in [0.5, 0.6) is 0 Å². The van der Waals surface area contributed by atoms with Gasteiger partial charge in [-0.1, -0.05) is 6.42 Å². The summed E-state index contributed by atoms with van der Waals surface area (Å²) >= 11 is 1.37. The van der Waals surface area contributed by atoms with Gasteiger partial charge in [0.05, 0.1) is 0 Å². The Kier molecular flexibility index (Phi) is 4.41. The van der Waals surface area contributed by atoms with Crippen LogP contribution in [-0.4, -0.2) is 33.4 Å². The van der Waals surface area contributed by atoms with Crippen molar-refractivity contribution in [2.45, 2.75) is 36.4 Å². The van der Waals surface area contributed by atoms with Gasteiger partial charge in [-0.25, -0.2) is 8.42 Å². The van der Waals surface area contributed by atoms with Crippen LogP contribution in [0, 0.1) is 17.8 Å². The van der Waals surface area contributed by atoms with E-state index >= 15 is 0 Å². The molecule has 2 bridgehead atoms. The molecule has 118 valence electrons. The number of hydrogen-bond donors (Lipinski definition) is 1. The molecule has 0 spiro atoms. The van der Waals surface area contributed by atoms with Crippen molar-refractivity contribution in [2.24, 2.45) is 17.8 Å². The lowest BCUT2D eigenvalue weighted by atomic mass is 9.89. The van der Waals surface area contributed by atoms with E-state index in [-0.39, 0.29) is 0 Å². The Morgan fingerprint density at radius 3 is 2.76 bits per heavy atom. The van der Waals surface area contributed by atoms with Crippen LogP contribution in [0.3, 0.4) is 0 Å². The molecular formula is C15H24N2O2S2. The van der Waals surface area contributed by atoms with Crippen LogP contribution in [0.25, 0.3) is 0 Å². The van der Waals surface area contributed by atoms with E-state index in [9.17, 15) is 8.42 Å². The minimum atomic E-state index is -3.32. The minimum absolute atomic E-state index is 0.471. The van der Waals surface area contributed by atoms with Gasteiger partial charge in [-0.2, -0.15) is 4.31 Å². The summed E-state index contributed by atoms with van der Waals surface area (Å²) in [5.41, 5.74) is 0. The molecular weight excluding hydrogens is 304 g/mol. The molecule has 2 saturated carbocycles. The van der Waals surface area contributed by atoms with E-state index in [2.05, 4.69) is 5.32 Å². The van der Waals surface area contributed by atoms with Gasteiger partial charge in [0, 0.05) is 25.0 Å². The predicted molar refractivity (Wildman–Crippen MR) is 85.8 cm³/mol. The van der Waals surface area contributed by atoms with Crippen LogP contribution in [-0.2, 0) is 16.6 Å². The minimum Gasteiger partial charge on any atom is -0.315 e. The molecule has 6 heteroatoms. The van der Waals surface area contributed by atoms with E-state index in [0.29, 0.717) is 16.7 Å². The van der Waals surface area contributed by atoms with E-state index in [1.54, 1.807) is 17.4 Å². The second-order valence-electron chi connectivity index (χ2n) is 6.47. The molecule has 1 N–H and O–H groups in total. The second-order valence-corrected chi connectivity index (χ2v) is 9.91. The highest BCUT2D eigenvalue weighted by molar-refractivity contribution is 7.91. The van der Waals surface area contributed by atoms with Gasteiger partial charge in [-0.05, 0) is 56.2 Å². The Morgan fingerprint density at radius 2 is 2.14 bits per heavy atom. The molecule has 2 aliphatic rings. The molecule has 3 atom stereocenters. The first-order chi connectivity index (χ1) is 10.0. The Bertz CT molecular complexity index is 597. The first kappa shape index (κ1) is 15.5. The number of hydrogen-bond acceptors (Lipinski definition) is 4. The topological polar surface area (TPSA) is 49.4 Å². The zero-order valence-electron chi connectivity index (χ0n) is 12.7. The second kappa shape index (κ2) is 5.99. The number of nitrogens with zero attached hydrogens (tertiary/aromatic N) is 1. The van der Waals surface area contributed by atoms with Crippen LogP contribution in [0.15, 0.2) is 16.3 Å². The van der Waals surface area contributed by atoms with Crippen LogP contribution < -0.4 is 5.32 Å². The van der Waals surface area contributed by atoms with Gasteiger partial charge in [-0.3, -0.25) is 0 Å². The van der Waals surface area contributed by atoms with E-state index in [1.807, 2.05) is 13.1 Å². The van der Waals surface area contributed by atoms with E-state index in [1.165, 1.54) is 37.0 Å². The summed E-state index contributed by atoms with van der Waals surface area (Å²) < 4.78 is 27.4. The van der Waals surface area contributed by atoms with Crippen molar-refractivity contribution in [1.29, 1.82) is 0 Å². The molecule has 1 aromatic rings. The number of fused-ring (bicyclic) bond motifs is 2. The van der Waals surface area contributed by atoms with Crippen molar-refractivity contribution in [1.82, 2.24) is 9.62 Å². The predicted octanol–water partition coefficient (Wildman–Crippen LogP) is 2.52. The molecule has 1 heterocycles. The standard InChI is InChI=1S/C15H24N2O2S2/c1-16-9-14-5-6-15(20-14)21(18,19)17(2)10-13-8-11-3-4-12(13)7-11/h5-6,11-13,16H,3-4,7-10H2,1-2H3. The fourth-order valence-electron chi connectivity index (χ4n) is 3.95. The normalized spacial score (nSPS) is 28.6. The number of thiophene rings is 1. The highest BCUT2D eigenvalue weighted by Crippen LogP contribution is 2.48. The van der Waals surface area contributed by atoms with Crippen molar-refractivity contribution in [3.8, 4) is 0 Å². The molecule has 0 amide bonds. The van der Waals surface area contributed by atoms with Gasteiger partial charge in [0.25, 0.3) is 10.0 Å². The fourth-order valence-corrected chi connectivity index (χ4v) is 6.75. The summed E-state index contributed by atoms with van der Waals surface area (Å²) in [4.78, 5) is 1.06. The van der Waals surface area contributed by atoms with Gasteiger partial charge in [0.2, 0.25) is 0 Å². The van der Waals surface area contributed by atoms with Gasteiger partial charge >= 0.3 is 0 Å². The third-order valence-electron chi connectivity index (χ3n) is 5.03. The monoisotopic (exact) mass is 328 g/mol. The van der Waals surface area contributed by atoms with Crippen LogP contribution >= 0.6 is 11.3 Å². The number of rotatable bonds is 6. The molecule has 2 aliphatic carbocycles. The third-order valence-corrected chi connectivity index (χ3v) is 8.40. The summed E-state index contributed by atoms with van der Waals surface area (Å²) in [6.45, 7) is 1.40. The summed E-state index contributed by atoms with van der Waals surface area (Å²) in [5.74, 6) is 2.19. The van der Waals surface area contributed by atoms with E-state index < -0.39 is 10.0 Å². The molecule has 0 aliphatic heterocycles. The van der Waals surface area contributed by atoms with Crippen LogP contribution in [0.4, 0.5) is 0 Å². The van der Waals surface area contributed by atoms with Crippen LogP contribution in [0.1, 0.15) is 30.6 Å². The Balaban J connectivity index is 1.68. The lowest BCUT2D eigenvalue weighted by Crippen LogP contribution is -2.33. The molecule has 0 aromatic carbocycles. The van der Waals surface area contributed by atoms with Crippen molar-refractivity contribution in [2.75, 3.05) is 20.6 Å². The Hall–Kier alpha value is -0.430. The molecule has 1 aromatic heterocycles. The average molecular weight is 329 g/mol. The zero-order valence-corrected chi connectivity index (χ0v) is 14.3. The maximum Gasteiger partial charge on any atom is 0.252 e. The molecule has 0 radical (unpaired) electrons. The van der Waals surface area contributed by atoms with Gasteiger partial charge < -0.3 is 5.32 Å². The Labute approximate surface area is 131 Å². The third kappa shape index (κ3) is 3.04. The molecule has 3 unspecified atom stereocenters. The van der Waals surface area contributed by atoms with Gasteiger partial charge in [-0.15, -0.1) is 11.3 Å². The molecule has 3 rings (SSSR count). The molecule has 21 heavy (non-hydrogen) atoms. The van der Waals surface area contributed by atoms with Gasteiger partial charge in [0.1, 0.15) is 4.21 Å². The highest BCUT2D eigenvalue weighted by atomic mass is 32.2. The summed E-state index contributed by atoms with van der Waals surface area (Å²) in [6.07, 6.45) is 5.20. The van der Waals surface area contributed by atoms with Crippen molar-refractivity contribution in [3.63, 3.8) is 0 Å². The number of sulfonamides is 1. The fraction of sp³-hybridized carbons (Fsp3) is 0.733. The van der Waals surface area contributed by atoms with Crippen LogP contribution in [0.2, 0.25) is 0 Å². The molecule has 4 nitrogen and oxygen atoms in total.